The fourth-order valence-corrected chi connectivity index (χ4v) is 5.12. The van der Waals surface area contributed by atoms with Gasteiger partial charge in [0.2, 0.25) is 5.43 Å². The minimum absolute atomic E-state index is 0.0196. The number of halogens is 2. The topological polar surface area (TPSA) is 88.6 Å². The van der Waals surface area contributed by atoms with Gasteiger partial charge in [-0.15, -0.1) is 0 Å². The maximum absolute atomic E-state index is 15.2. The van der Waals surface area contributed by atoms with Crippen molar-refractivity contribution in [2.75, 3.05) is 18.0 Å². The second-order valence-corrected chi connectivity index (χ2v) is 9.19. The molecule has 1 aromatic heterocycles. The van der Waals surface area contributed by atoms with E-state index in [4.69, 9.17) is 5.73 Å². The predicted molar refractivity (Wildman–Crippen MR) is 105 cm³/mol. The van der Waals surface area contributed by atoms with Gasteiger partial charge < -0.3 is 20.3 Å². The third kappa shape index (κ3) is 2.48. The van der Waals surface area contributed by atoms with Crippen molar-refractivity contribution >= 4 is 22.6 Å². The molecule has 1 saturated heterocycles. The van der Waals surface area contributed by atoms with Gasteiger partial charge in [0.25, 0.3) is 0 Å². The Morgan fingerprint density at radius 3 is 2.52 bits per heavy atom. The van der Waals surface area contributed by atoms with Gasteiger partial charge in [0, 0.05) is 42.0 Å². The van der Waals surface area contributed by atoms with Gasteiger partial charge in [-0.25, -0.2) is 13.6 Å². The zero-order valence-corrected chi connectivity index (χ0v) is 16.3. The van der Waals surface area contributed by atoms with Crippen LogP contribution >= 0.6 is 0 Å². The molecular formula is C21H23F2N3O3. The van der Waals surface area contributed by atoms with Crippen molar-refractivity contribution in [3.8, 4) is 0 Å². The maximum atomic E-state index is 15.2. The van der Waals surface area contributed by atoms with Crippen LogP contribution in [0.2, 0.25) is 0 Å². The summed E-state index contributed by atoms with van der Waals surface area (Å²) in [5.74, 6) is -1.99. The normalized spacial score (nSPS) is 29.6. The molecule has 6 nitrogen and oxygen atoms in total. The fraction of sp³-hybridized carbons (Fsp3) is 0.524. The average Bonchev–Trinajstić information content (AvgIpc) is 3.51. The van der Waals surface area contributed by atoms with E-state index < -0.39 is 40.5 Å². The molecule has 1 aromatic carbocycles. The zero-order valence-electron chi connectivity index (χ0n) is 16.3. The van der Waals surface area contributed by atoms with Crippen molar-refractivity contribution in [3.05, 3.63) is 39.4 Å². The first-order valence-electron chi connectivity index (χ1n) is 9.85. The average molecular weight is 403 g/mol. The Morgan fingerprint density at radius 1 is 1.34 bits per heavy atom. The third-order valence-electron chi connectivity index (χ3n) is 7.14. The molecule has 1 spiro atoms. The van der Waals surface area contributed by atoms with E-state index in [-0.39, 0.29) is 17.2 Å². The molecule has 0 radical (unpaired) electrons. The van der Waals surface area contributed by atoms with Crippen LogP contribution in [0, 0.1) is 18.2 Å². The van der Waals surface area contributed by atoms with Gasteiger partial charge in [0.15, 0.2) is 0 Å². The summed E-state index contributed by atoms with van der Waals surface area (Å²) in [6.07, 6.45) is 2.35. The largest absolute Gasteiger partial charge is 0.477 e. The number of carboxylic acids is 1. The highest BCUT2D eigenvalue weighted by molar-refractivity contribution is 5.95. The number of carbonyl (C=O) groups is 1. The molecule has 0 amide bonds. The quantitative estimate of drug-likeness (QED) is 0.823. The standard InChI is InChI=1S/C21H23F2N3O3/c1-10-16-11(18(27)12(19(28)29)7-26(16)15-6-13(15)22)5-14(23)17(10)25-8-20(2,24)21(9-25)3-4-21/h5,7,13,15H,3-4,6,8-9,24H2,1-2H3,(H,28,29)/t13-,15+,20+/m0/s1. The van der Waals surface area contributed by atoms with Gasteiger partial charge in [0.1, 0.15) is 17.6 Å². The van der Waals surface area contributed by atoms with Gasteiger partial charge >= 0.3 is 5.97 Å². The molecule has 29 heavy (non-hydrogen) atoms. The predicted octanol–water partition coefficient (Wildman–Crippen LogP) is 2.75. The van der Waals surface area contributed by atoms with Crippen LogP contribution in [-0.2, 0) is 0 Å². The number of nitrogens with zero attached hydrogens (tertiary/aromatic N) is 2. The molecule has 0 bridgehead atoms. The molecule has 3 N–H and O–H groups in total. The van der Waals surface area contributed by atoms with Gasteiger partial charge in [-0.05, 0) is 38.3 Å². The SMILES string of the molecule is Cc1c(N2CC3(CC3)[C@](C)(N)C2)c(F)cc2c(=O)c(C(=O)O)cn([C@@H]3C[C@@H]3F)c12. The van der Waals surface area contributed by atoms with Crippen LogP contribution in [-0.4, -0.2) is 40.4 Å². The number of alkyl halides is 1. The Kier molecular flexibility index (Phi) is 3.56. The van der Waals surface area contributed by atoms with Gasteiger partial charge in [-0.2, -0.15) is 0 Å². The molecule has 2 heterocycles. The molecule has 2 aromatic rings. The highest BCUT2D eigenvalue weighted by atomic mass is 19.1. The number of fused-ring (bicyclic) bond motifs is 1. The van der Waals surface area contributed by atoms with E-state index >= 15 is 4.39 Å². The highest BCUT2D eigenvalue weighted by Gasteiger charge is 2.60. The van der Waals surface area contributed by atoms with Crippen LogP contribution in [0.1, 0.15) is 48.1 Å². The number of aromatic nitrogens is 1. The van der Waals surface area contributed by atoms with Crippen LogP contribution < -0.4 is 16.1 Å². The molecule has 2 aliphatic carbocycles. The number of nitrogens with two attached hydrogens (primary N) is 1. The number of carboxylic acid groups (broad SMARTS) is 1. The van der Waals surface area contributed by atoms with Crippen molar-refractivity contribution in [1.82, 2.24) is 4.57 Å². The molecule has 0 unspecified atom stereocenters. The minimum atomic E-state index is -1.40. The first kappa shape index (κ1) is 18.5. The number of aromatic carboxylic acids is 1. The number of anilines is 1. The summed E-state index contributed by atoms with van der Waals surface area (Å²) in [5.41, 5.74) is 6.10. The van der Waals surface area contributed by atoms with Crippen LogP contribution in [0.25, 0.3) is 10.9 Å². The monoisotopic (exact) mass is 403 g/mol. The molecule has 2 saturated carbocycles. The summed E-state index contributed by atoms with van der Waals surface area (Å²) in [7, 11) is 0. The fourth-order valence-electron chi connectivity index (χ4n) is 5.12. The smallest absolute Gasteiger partial charge is 0.341 e. The van der Waals surface area contributed by atoms with Crippen LogP contribution in [0.5, 0.6) is 0 Å². The van der Waals surface area contributed by atoms with Crippen LogP contribution in [0.3, 0.4) is 0 Å². The van der Waals surface area contributed by atoms with Crippen molar-refractivity contribution in [2.45, 2.75) is 50.9 Å². The van der Waals surface area contributed by atoms with Gasteiger partial charge in [-0.3, -0.25) is 4.79 Å². The molecule has 1 aliphatic heterocycles. The number of pyridine rings is 1. The van der Waals surface area contributed by atoms with E-state index in [1.807, 2.05) is 11.8 Å². The number of benzene rings is 1. The number of rotatable bonds is 3. The van der Waals surface area contributed by atoms with Crippen molar-refractivity contribution < 1.29 is 18.7 Å². The third-order valence-corrected chi connectivity index (χ3v) is 7.14. The Hall–Kier alpha value is -2.48. The molecule has 3 atom stereocenters. The second kappa shape index (κ2) is 5.56. The van der Waals surface area contributed by atoms with Gasteiger partial charge in [-0.1, -0.05) is 0 Å². The van der Waals surface area contributed by atoms with Crippen LogP contribution in [0.15, 0.2) is 17.1 Å². The molecular weight excluding hydrogens is 380 g/mol. The molecule has 154 valence electrons. The molecule has 3 fully saturated rings. The molecule has 8 heteroatoms. The summed E-state index contributed by atoms with van der Waals surface area (Å²) < 4.78 is 30.6. The number of hydrogen-bond acceptors (Lipinski definition) is 4. The van der Waals surface area contributed by atoms with E-state index in [1.54, 1.807) is 6.92 Å². The summed E-state index contributed by atoms with van der Waals surface area (Å²) >= 11 is 0. The zero-order chi connectivity index (χ0) is 20.9. The van der Waals surface area contributed by atoms with Crippen molar-refractivity contribution in [1.29, 1.82) is 0 Å². The molecule has 5 rings (SSSR count). The Labute approximate surface area is 165 Å². The van der Waals surface area contributed by atoms with E-state index in [9.17, 15) is 19.1 Å². The summed E-state index contributed by atoms with van der Waals surface area (Å²) in [6, 6.07) is 0.561. The lowest BCUT2D eigenvalue weighted by atomic mass is 9.87. The summed E-state index contributed by atoms with van der Waals surface area (Å²) in [6.45, 7) is 4.82. The first-order chi connectivity index (χ1) is 13.6. The van der Waals surface area contributed by atoms with Gasteiger partial charge in [0.05, 0.1) is 17.2 Å². The van der Waals surface area contributed by atoms with Crippen molar-refractivity contribution in [3.63, 3.8) is 0 Å². The van der Waals surface area contributed by atoms with Crippen molar-refractivity contribution in [2.24, 2.45) is 11.1 Å². The highest BCUT2D eigenvalue weighted by Crippen LogP contribution is 2.58. The van der Waals surface area contributed by atoms with E-state index in [2.05, 4.69) is 0 Å². The number of hydrogen-bond donors (Lipinski definition) is 2. The lowest BCUT2D eigenvalue weighted by Crippen LogP contribution is -2.45. The molecule has 3 aliphatic rings. The lowest BCUT2D eigenvalue weighted by Gasteiger charge is -2.26. The second-order valence-electron chi connectivity index (χ2n) is 9.19. The minimum Gasteiger partial charge on any atom is -0.477 e. The Morgan fingerprint density at radius 2 is 2.00 bits per heavy atom. The van der Waals surface area contributed by atoms with E-state index in [0.29, 0.717) is 29.9 Å². The van der Waals surface area contributed by atoms with E-state index in [1.165, 1.54) is 10.8 Å². The van der Waals surface area contributed by atoms with Crippen LogP contribution in [0.4, 0.5) is 14.5 Å². The first-order valence-corrected chi connectivity index (χ1v) is 9.85. The summed E-state index contributed by atoms with van der Waals surface area (Å²) in [4.78, 5) is 26.2. The number of aryl methyl sites for hydroxylation is 1. The Balaban J connectivity index is 1.75. The Bertz CT molecular complexity index is 1130. The van der Waals surface area contributed by atoms with E-state index in [0.717, 1.165) is 18.9 Å². The summed E-state index contributed by atoms with van der Waals surface area (Å²) in [5, 5.41) is 9.35. The lowest BCUT2D eigenvalue weighted by molar-refractivity contribution is 0.0694. The maximum Gasteiger partial charge on any atom is 0.341 e.